The van der Waals surface area contributed by atoms with Crippen molar-refractivity contribution in [1.82, 2.24) is 0 Å². The van der Waals surface area contributed by atoms with E-state index in [0.29, 0.717) is 12.8 Å². The van der Waals surface area contributed by atoms with Gasteiger partial charge < -0.3 is 24.4 Å². The lowest BCUT2D eigenvalue weighted by Crippen LogP contribution is -2.30. The lowest BCUT2D eigenvalue weighted by molar-refractivity contribution is -0.162. The molecule has 0 aromatic heterocycles. The smallest absolute Gasteiger partial charge is 0.462 e. The number of aliphatic hydroxyl groups is 1. The Hall–Kier alpha value is -0.990. The molecule has 9 nitrogen and oxygen atoms in total. The molecule has 0 aliphatic heterocycles. The van der Waals surface area contributed by atoms with Crippen LogP contribution in [0.5, 0.6) is 0 Å². The Bertz CT molecular complexity index is 788. The average Bonchev–Trinajstić information content (AvgIpc) is 3.05. The van der Waals surface area contributed by atoms with E-state index >= 15 is 0 Å². The first-order valence-electron chi connectivity index (χ1n) is 20.4. The highest BCUT2D eigenvalue weighted by atomic mass is 31.2. The molecule has 0 fully saturated rings. The van der Waals surface area contributed by atoms with Crippen LogP contribution in [0.4, 0.5) is 0 Å². The third-order valence-electron chi connectivity index (χ3n) is 9.18. The molecule has 0 radical (unpaired) electrons. The van der Waals surface area contributed by atoms with Crippen molar-refractivity contribution in [2.24, 2.45) is 0 Å². The molecule has 0 aliphatic carbocycles. The minimum atomic E-state index is -4.80. The van der Waals surface area contributed by atoms with Crippen molar-refractivity contribution in [3.05, 3.63) is 0 Å². The maximum atomic E-state index is 12.4. The Morgan fingerprint density at radius 3 is 1.29 bits per heavy atom. The van der Waals surface area contributed by atoms with Gasteiger partial charge >= 0.3 is 19.8 Å². The summed E-state index contributed by atoms with van der Waals surface area (Å²) in [5.41, 5.74) is 0. The molecule has 0 saturated heterocycles. The van der Waals surface area contributed by atoms with E-state index in [4.69, 9.17) is 19.3 Å². The van der Waals surface area contributed by atoms with E-state index in [9.17, 15) is 19.3 Å². The largest absolute Gasteiger partial charge is 0.469 e. The maximum Gasteiger partial charge on any atom is 0.469 e. The second-order valence-corrected chi connectivity index (χ2v) is 15.4. The van der Waals surface area contributed by atoms with E-state index in [1.807, 2.05) is 0 Å². The van der Waals surface area contributed by atoms with Gasteiger partial charge in [0.2, 0.25) is 0 Å². The van der Waals surface area contributed by atoms with Gasteiger partial charge in [0.1, 0.15) is 6.61 Å². The molecule has 0 rings (SSSR count). The molecule has 0 spiro atoms. The van der Waals surface area contributed by atoms with Crippen LogP contribution >= 0.6 is 7.82 Å². The zero-order valence-electron chi connectivity index (χ0n) is 31.7. The summed E-state index contributed by atoms with van der Waals surface area (Å²) in [7, 11) is -4.80. The third kappa shape index (κ3) is 38.1. The summed E-state index contributed by atoms with van der Waals surface area (Å²) in [6.45, 7) is 3.52. The molecule has 2 atom stereocenters. The normalized spacial score (nSPS) is 13.0. The van der Waals surface area contributed by atoms with Gasteiger partial charge in [-0.15, -0.1) is 0 Å². The average molecular weight is 721 g/mol. The van der Waals surface area contributed by atoms with Gasteiger partial charge in [0.25, 0.3) is 0 Å². The quantitative estimate of drug-likeness (QED) is 0.0323. The van der Waals surface area contributed by atoms with Crippen LogP contribution in [0.15, 0.2) is 0 Å². The minimum absolute atomic E-state index is 0.232. The number of rotatable bonds is 38. The van der Waals surface area contributed by atoms with E-state index in [1.54, 1.807) is 0 Å². The van der Waals surface area contributed by atoms with Gasteiger partial charge in [-0.2, -0.15) is 0 Å². The highest BCUT2D eigenvalue weighted by Crippen LogP contribution is 2.36. The van der Waals surface area contributed by atoms with Crippen LogP contribution in [0.1, 0.15) is 213 Å². The molecule has 0 aromatic carbocycles. The predicted octanol–water partition coefficient (Wildman–Crippen LogP) is 11.0. The highest BCUT2D eigenvalue weighted by Gasteiger charge is 2.24. The van der Waals surface area contributed by atoms with Crippen LogP contribution in [0.3, 0.4) is 0 Å². The molecule has 0 amide bonds. The second kappa shape index (κ2) is 35.4. The lowest BCUT2D eigenvalue weighted by Gasteiger charge is -2.19. The zero-order valence-corrected chi connectivity index (χ0v) is 32.6. The lowest BCUT2D eigenvalue weighted by atomic mass is 10.0. The summed E-state index contributed by atoms with van der Waals surface area (Å²) in [6, 6.07) is 0. The van der Waals surface area contributed by atoms with Crippen LogP contribution in [-0.4, -0.2) is 52.3 Å². The van der Waals surface area contributed by atoms with E-state index < -0.39 is 38.6 Å². The summed E-state index contributed by atoms with van der Waals surface area (Å²) < 4.78 is 26.2. The number of hydrogen-bond donors (Lipinski definition) is 3. The number of hydrogen-bond acceptors (Lipinski definition) is 7. The fraction of sp³-hybridized carbons (Fsp3) is 0.949. The highest BCUT2D eigenvalue weighted by molar-refractivity contribution is 7.46. The minimum Gasteiger partial charge on any atom is -0.462 e. The van der Waals surface area contributed by atoms with Crippen LogP contribution in [0, 0.1) is 0 Å². The van der Waals surface area contributed by atoms with Crippen molar-refractivity contribution in [3.63, 3.8) is 0 Å². The van der Waals surface area contributed by atoms with Gasteiger partial charge in [-0.3, -0.25) is 14.1 Å². The number of carbonyl (C=O) groups is 2. The van der Waals surface area contributed by atoms with Gasteiger partial charge in [-0.05, 0) is 12.8 Å². The second-order valence-electron chi connectivity index (χ2n) is 14.2. The van der Waals surface area contributed by atoms with E-state index in [2.05, 4.69) is 18.4 Å². The molecule has 10 heteroatoms. The Morgan fingerprint density at radius 1 is 0.531 bits per heavy atom. The van der Waals surface area contributed by atoms with Gasteiger partial charge in [-0.1, -0.05) is 187 Å². The van der Waals surface area contributed by atoms with Gasteiger partial charge in [-0.25, -0.2) is 4.57 Å². The molecule has 0 heterocycles. The summed E-state index contributed by atoms with van der Waals surface area (Å²) in [4.78, 5) is 42.8. The first-order chi connectivity index (χ1) is 23.7. The number of esters is 2. The molecule has 0 aromatic rings. The van der Waals surface area contributed by atoms with Crippen molar-refractivity contribution in [1.29, 1.82) is 0 Å². The summed E-state index contributed by atoms with van der Waals surface area (Å²) in [5, 5.41) is 10.3. The molecule has 49 heavy (non-hydrogen) atoms. The number of phosphoric acid groups is 1. The SMILES string of the molecule is CCCCCCCCCCCCCCCCCC(=O)OC[C@H](COP(=O)(O)O)OC(=O)C[C@H](O)CCCCCCCCCCCCCCC. The molecule has 0 aliphatic rings. The number of aliphatic hydroxyl groups excluding tert-OH is 1. The van der Waals surface area contributed by atoms with Crippen molar-refractivity contribution in [2.75, 3.05) is 13.2 Å². The van der Waals surface area contributed by atoms with Gasteiger partial charge in [0.15, 0.2) is 6.10 Å². The van der Waals surface area contributed by atoms with E-state index in [1.165, 1.54) is 135 Å². The molecule has 3 N–H and O–H groups in total. The van der Waals surface area contributed by atoms with Crippen LogP contribution in [0.2, 0.25) is 0 Å². The molecule has 0 bridgehead atoms. The van der Waals surface area contributed by atoms with Crippen LogP contribution < -0.4 is 0 Å². The number of unbranched alkanes of at least 4 members (excludes halogenated alkanes) is 26. The first-order valence-corrected chi connectivity index (χ1v) is 21.9. The number of carbonyl (C=O) groups excluding carboxylic acids is 2. The fourth-order valence-corrected chi connectivity index (χ4v) is 6.48. The zero-order chi connectivity index (χ0) is 36.3. The molecule has 292 valence electrons. The monoisotopic (exact) mass is 721 g/mol. The Labute approximate surface area is 300 Å². The van der Waals surface area contributed by atoms with Gasteiger partial charge in [0.05, 0.1) is 19.1 Å². The molecular weight excluding hydrogens is 643 g/mol. The Kier molecular flexibility index (Phi) is 34.7. The molecule has 0 saturated carbocycles. The molecule has 0 unspecified atom stereocenters. The number of ether oxygens (including phenoxy) is 2. The topological polar surface area (TPSA) is 140 Å². The summed E-state index contributed by atoms with van der Waals surface area (Å²) >= 11 is 0. The standard InChI is InChI=1S/C39H77O9P/c1-3-5-7-9-11-13-15-17-18-20-22-24-26-28-30-32-38(41)46-34-37(35-47-49(43,44)45)48-39(42)33-36(40)31-29-27-25-23-21-19-16-14-12-10-8-6-4-2/h36-37,40H,3-35H2,1-2H3,(H2,43,44,45)/t36-,37-/m1/s1. The molecular formula is C39H77O9P. The Balaban J connectivity index is 4.00. The fourth-order valence-electron chi connectivity index (χ4n) is 6.12. The maximum absolute atomic E-state index is 12.4. The van der Waals surface area contributed by atoms with Crippen LogP contribution in [0.25, 0.3) is 0 Å². The van der Waals surface area contributed by atoms with E-state index in [-0.39, 0.29) is 19.4 Å². The van der Waals surface area contributed by atoms with Crippen molar-refractivity contribution >= 4 is 19.8 Å². The van der Waals surface area contributed by atoms with Crippen molar-refractivity contribution in [2.45, 2.75) is 225 Å². The summed E-state index contributed by atoms with van der Waals surface area (Å²) in [6.07, 6.45) is 32.9. The van der Waals surface area contributed by atoms with Crippen molar-refractivity contribution < 1.29 is 43.0 Å². The number of phosphoric ester groups is 1. The van der Waals surface area contributed by atoms with Crippen molar-refractivity contribution in [3.8, 4) is 0 Å². The summed E-state index contributed by atoms with van der Waals surface area (Å²) in [5.74, 6) is -1.17. The van der Waals surface area contributed by atoms with Gasteiger partial charge in [0, 0.05) is 6.42 Å². The van der Waals surface area contributed by atoms with Crippen LogP contribution in [-0.2, 0) is 28.2 Å². The first kappa shape index (κ1) is 48.0. The van der Waals surface area contributed by atoms with E-state index in [0.717, 1.165) is 38.5 Å². The Morgan fingerprint density at radius 2 is 0.898 bits per heavy atom. The third-order valence-corrected chi connectivity index (χ3v) is 9.67. The predicted molar refractivity (Wildman–Crippen MR) is 199 cm³/mol.